The van der Waals surface area contributed by atoms with Gasteiger partial charge in [-0.25, -0.2) is 8.42 Å². The highest BCUT2D eigenvalue weighted by Gasteiger charge is 2.23. The predicted molar refractivity (Wildman–Crippen MR) is 67.7 cm³/mol. The molecule has 18 heavy (non-hydrogen) atoms. The lowest BCUT2D eigenvalue weighted by Gasteiger charge is -2.14. The Bertz CT molecular complexity index is 551. The number of sulfonamides is 1. The number of hydrogen-bond acceptors (Lipinski definition) is 4. The van der Waals surface area contributed by atoms with Gasteiger partial charge >= 0.3 is 5.97 Å². The number of esters is 1. The van der Waals surface area contributed by atoms with Crippen LogP contribution in [0.15, 0.2) is 23.1 Å². The smallest absolute Gasteiger partial charge is 0.323 e. The molecule has 0 bridgehead atoms. The molecule has 1 aromatic carbocycles. The van der Waals surface area contributed by atoms with Crippen molar-refractivity contribution in [3.63, 3.8) is 0 Å². The summed E-state index contributed by atoms with van der Waals surface area (Å²) in [6.07, 6.45) is 0. The first kappa shape index (κ1) is 14.7. The van der Waals surface area contributed by atoms with Gasteiger partial charge in [-0.2, -0.15) is 4.72 Å². The quantitative estimate of drug-likeness (QED) is 0.834. The number of methoxy groups -OCH3 is 1. The van der Waals surface area contributed by atoms with Crippen molar-refractivity contribution >= 4 is 16.0 Å². The zero-order valence-corrected chi connectivity index (χ0v) is 11.7. The Morgan fingerprint density at radius 2 is 1.94 bits per heavy atom. The van der Waals surface area contributed by atoms with Crippen LogP contribution in [0.5, 0.6) is 0 Å². The first-order valence-electron chi connectivity index (χ1n) is 5.45. The van der Waals surface area contributed by atoms with Gasteiger partial charge in [0.1, 0.15) is 6.04 Å². The Balaban J connectivity index is 3.07. The van der Waals surface area contributed by atoms with Crippen LogP contribution in [0.1, 0.15) is 18.1 Å². The van der Waals surface area contributed by atoms with Crippen molar-refractivity contribution in [1.29, 1.82) is 0 Å². The average Bonchev–Trinajstić information content (AvgIpc) is 2.30. The molecule has 0 saturated carbocycles. The van der Waals surface area contributed by atoms with Gasteiger partial charge in [0.2, 0.25) is 10.0 Å². The molecule has 1 unspecified atom stereocenters. The molecule has 1 atom stereocenters. The third kappa shape index (κ3) is 3.30. The fraction of sp³-hybridized carbons (Fsp3) is 0.417. The van der Waals surface area contributed by atoms with E-state index in [1.165, 1.54) is 14.0 Å². The van der Waals surface area contributed by atoms with Gasteiger partial charge in [-0.15, -0.1) is 0 Å². The van der Waals surface area contributed by atoms with Crippen LogP contribution in [0.25, 0.3) is 0 Å². The van der Waals surface area contributed by atoms with E-state index in [1.807, 2.05) is 13.0 Å². The average molecular weight is 271 g/mol. The molecule has 1 rings (SSSR count). The number of nitrogens with one attached hydrogen (secondary N) is 1. The second-order valence-electron chi connectivity index (χ2n) is 4.14. The van der Waals surface area contributed by atoms with Crippen LogP contribution in [-0.2, 0) is 19.6 Å². The fourth-order valence-electron chi connectivity index (χ4n) is 1.52. The Kier molecular flexibility index (Phi) is 4.48. The molecule has 0 aliphatic rings. The van der Waals surface area contributed by atoms with Crippen molar-refractivity contribution in [3.05, 3.63) is 29.3 Å². The van der Waals surface area contributed by atoms with E-state index in [0.717, 1.165) is 5.56 Å². The number of benzene rings is 1. The molecular formula is C12H17NO4S. The van der Waals surface area contributed by atoms with Crippen LogP contribution in [0.4, 0.5) is 0 Å². The molecule has 1 aromatic rings. The zero-order chi connectivity index (χ0) is 13.9. The molecule has 5 nitrogen and oxygen atoms in total. The summed E-state index contributed by atoms with van der Waals surface area (Å²) in [6.45, 7) is 4.95. The van der Waals surface area contributed by atoms with E-state index in [4.69, 9.17) is 0 Å². The van der Waals surface area contributed by atoms with Crippen molar-refractivity contribution in [3.8, 4) is 0 Å². The minimum atomic E-state index is -3.72. The summed E-state index contributed by atoms with van der Waals surface area (Å²) in [5.41, 5.74) is 1.47. The second-order valence-corrected chi connectivity index (χ2v) is 5.82. The van der Waals surface area contributed by atoms with Gasteiger partial charge in [0.25, 0.3) is 0 Å². The lowest BCUT2D eigenvalue weighted by Crippen LogP contribution is -2.39. The minimum Gasteiger partial charge on any atom is -0.468 e. The van der Waals surface area contributed by atoms with Crippen molar-refractivity contribution in [2.75, 3.05) is 7.11 Å². The van der Waals surface area contributed by atoms with Gasteiger partial charge in [-0.05, 0) is 38.0 Å². The molecule has 1 N–H and O–H groups in total. The molecule has 0 amide bonds. The highest BCUT2D eigenvalue weighted by atomic mass is 32.2. The van der Waals surface area contributed by atoms with Crippen molar-refractivity contribution in [2.24, 2.45) is 0 Å². The minimum absolute atomic E-state index is 0.179. The van der Waals surface area contributed by atoms with E-state index in [1.54, 1.807) is 19.1 Å². The van der Waals surface area contributed by atoms with Crippen LogP contribution < -0.4 is 4.72 Å². The number of ether oxygens (including phenoxy) is 1. The maximum absolute atomic E-state index is 12.1. The van der Waals surface area contributed by atoms with Crippen molar-refractivity contribution in [2.45, 2.75) is 31.7 Å². The molecular weight excluding hydrogens is 254 g/mol. The molecule has 0 aliphatic carbocycles. The first-order valence-corrected chi connectivity index (χ1v) is 6.93. The van der Waals surface area contributed by atoms with E-state index in [9.17, 15) is 13.2 Å². The Morgan fingerprint density at radius 3 is 2.50 bits per heavy atom. The number of aryl methyl sites for hydroxylation is 2. The number of rotatable bonds is 4. The van der Waals surface area contributed by atoms with Gasteiger partial charge in [-0.3, -0.25) is 4.79 Å². The summed E-state index contributed by atoms with van der Waals surface area (Å²) in [5, 5.41) is 0. The Labute approximate surface area is 107 Å². The Morgan fingerprint density at radius 1 is 1.33 bits per heavy atom. The van der Waals surface area contributed by atoms with Crippen LogP contribution in [0.3, 0.4) is 0 Å². The summed E-state index contributed by atoms with van der Waals surface area (Å²) >= 11 is 0. The molecule has 0 heterocycles. The molecule has 0 saturated heterocycles. The third-order valence-electron chi connectivity index (χ3n) is 2.52. The van der Waals surface area contributed by atoms with Crippen molar-refractivity contribution < 1.29 is 17.9 Å². The molecule has 0 aliphatic heterocycles. The molecule has 0 radical (unpaired) electrons. The van der Waals surface area contributed by atoms with Crippen LogP contribution in [-0.4, -0.2) is 27.5 Å². The maximum atomic E-state index is 12.1. The number of carbonyl (C=O) groups excluding carboxylic acids is 1. The predicted octanol–water partition coefficient (Wildman–Crippen LogP) is 1.14. The fourth-order valence-corrected chi connectivity index (χ4v) is 3.04. The van der Waals surface area contributed by atoms with Crippen LogP contribution in [0, 0.1) is 13.8 Å². The summed E-state index contributed by atoms with van der Waals surface area (Å²) in [7, 11) is -2.51. The molecule has 6 heteroatoms. The lowest BCUT2D eigenvalue weighted by molar-refractivity contribution is -0.142. The standard InChI is InChI=1S/C12H17NO4S/c1-8-5-6-9(2)11(7-8)18(15,16)13-10(3)12(14)17-4/h5-7,10,13H,1-4H3. The Hall–Kier alpha value is -1.40. The summed E-state index contributed by atoms with van der Waals surface area (Å²) < 4.78 is 31.0. The normalized spacial score (nSPS) is 13.1. The first-order chi connectivity index (χ1) is 8.27. The van der Waals surface area contributed by atoms with E-state index < -0.39 is 22.0 Å². The highest BCUT2D eigenvalue weighted by molar-refractivity contribution is 7.89. The van der Waals surface area contributed by atoms with E-state index in [-0.39, 0.29) is 4.90 Å². The van der Waals surface area contributed by atoms with Gasteiger partial charge < -0.3 is 4.74 Å². The summed E-state index contributed by atoms with van der Waals surface area (Å²) in [6, 6.07) is 4.21. The van der Waals surface area contributed by atoms with Gasteiger partial charge in [-0.1, -0.05) is 12.1 Å². The van der Waals surface area contributed by atoms with E-state index in [2.05, 4.69) is 9.46 Å². The van der Waals surface area contributed by atoms with E-state index >= 15 is 0 Å². The molecule has 0 fully saturated rings. The summed E-state index contributed by atoms with van der Waals surface area (Å²) in [4.78, 5) is 11.4. The van der Waals surface area contributed by atoms with Gasteiger partial charge in [0, 0.05) is 0 Å². The molecule has 100 valence electrons. The topological polar surface area (TPSA) is 72.5 Å². The highest BCUT2D eigenvalue weighted by Crippen LogP contribution is 2.16. The number of carbonyl (C=O) groups is 1. The molecule has 0 aromatic heterocycles. The SMILES string of the molecule is COC(=O)C(C)NS(=O)(=O)c1cc(C)ccc1C. The lowest BCUT2D eigenvalue weighted by atomic mass is 10.2. The van der Waals surface area contributed by atoms with Crippen LogP contribution in [0.2, 0.25) is 0 Å². The number of hydrogen-bond donors (Lipinski definition) is 1. The second kappa shape index (κ2) is 5.49. The largest absolute Gasteiger partial charge is 0.468 e. The van der Waals surface area contributed by atoms with Gasteiger partial charge in [0.15, 0.2) is 0 Å². The van der Waals surface area contributed by atoms with Gasteiger partial charge in [0.05, 0.1) is 12.0 Å². The summed E-state index contributed by atoms with van der Waals surface area (Å²) in [5.74, 6) is -0.621. The molecule has 0 spiro atoms. The maximum Gasteiger partial charge on any atom is 0.323 e. The van der Waals surface area contributed by atoms with Crippen molar-refractivity contribution in [1.82, 2.24) is 4.72 Å². The van der Waals surface area contributed by atoms with E-state index in [0.29, 0.717) is 5.56 Å². The monoisotopic (exact) mass is 271 g/mol. The third-order valence-corrected chi connectivity index (χ3v) is 4.20. The zero-order valence-electron chi connectivity index (χ0n) is 10.9. The van der Waals surface area contributed by atoms with Crippen LogP contribution >= 0.6 is 0 Å².